The Morgan fingerprint density at radius 1 is 1.36 bits per heavy atom. The van der Waals surface area contributed by atoms with Crippen molar-refractivity contribution in [2.45, 2.75) is 13.3 Å². The van der Waals surface area contributed by atoms with E-state index in [1.807, 2.05) is 6.92 Å². The van der Waals surface area contributed by atoms with Crippen LogP contribution in [0.25, 0.3) is 0 Å². The van der Waals surface area contributed by atoms with Crippen LogP contribution in [0.3, 0.4) is 0 Å². The zero-order valence-corrected chi connectivity index (χ0v) is 8.66. The second-order valence-electron chi connectivity index (χ2n) is 2.94. The summed E-state index contributed by atoms with van der Waals surface area (Å²) in [5.41, 5.74) is 0.337. The van der Waals surface area contributed by atoms with E-state index in [1.165, 1.54) is 6.07 Å². The minimum Gasteiger partial charge on any atom is -0.494 e. The van der Waals surface area contributed by atoms with Gasteiger partial charge in [0.25, 0.3) is 0 Å². The number of hydrogen-bond acceptors (Lipinski definition) is 3. The number of rotatable bonds is 4. The van der Waals surface area contributed by atoms with Crippen LogP contribution in [0.5, 0.6) is 5.75 Å². The zero-order chi connectivity index (χ0) is 10.6. The fourth-order valence-corrected chi connectivity index (χ4v) is 1.27. The lowest BCUT2D eigenvalue weighted by Gasteiger charge is -2.07. The highest BCUT2D eigenvalue weighted by Crippen LogP contribution is 2.16. The predicted molar refractivity (Wildman–Crippen MR) is 57.1 cm³/mol. The minimum atomic E-state index is -1.52. The maximum Gasteiger partial charge on any atom is 0.488 e. The molecule has 0 atom stereocenters. The first-order chi connectivity index (χ1) is 6.63. The Hall–Kier alpha value is -0.705. The zero-order valence-electron chi connectivity index (χ0n) is 7.90. The van der Waals surface area contributed by atoms with Crippen molar-refractivity contribution in [2.24, 2.45) is 0 Å². The first-order valence-electron chi connectivity index (χ1n) is 4.43. The van der Waals surface area contributed by atoms with E-state index in [4.69, 9.17) is 26.4 Å². The molecule has 1 aromatic rings. The summed E-state index contributed by atoms with van der Waals surface area (Å²) in [6, 6.07) is 4.69. The lowest BCUT2D eigenvalue weighted by molar-refractivity contribution is 0.317. The summed E-state index contributed by atoms with van der Waals surface area (Å²) in [4.78, 5) is 0. The van der Waals surface area contributed by atoms with Crippen molar-refractivity contribution >= 4 is 24.2 Å². The molecule has 0 bridgehead atoms. The molecular formula is C9H12BClO3. The Balaban J connectivity index is 2.84. The molecule has 0 aliphatic rings. The number of benzene rings is 1. The summed E-state index contributed by atoms with van der Waals surface area (Å²) in [6.45, 7) is 2.58. The molecule has 2 N–H and O–H groups in total. The largest absolute Gasteiger partial charge is 0.494 e. The molecule has 0 spiro atoms. The molecule has 0 saturated heterocycles. The van der Waals surface area contributed by atoms with E-state index < -0.39 is 7.12 Å². The van der Waals surface area contributed by atoms with Crippen LogP contribution in [0, 0.1) is 0 Å². The van der Waals surface area contributed by atoms with Crippen LogP contribution in [0.15, 0.2) is 18.2 Å². The third kappa shape index (κ3) is 3.22. The van der Waals surface area contributed by atoms with E-state index in [2.05, 4.69) is 0 Å². The van der Waals surface area contributed by atoms with Gasteiger partial charge in [-0.05, 0) is 30.1 Å². The Morgan fingerprint density at radius 2 is 2.07 bits per heavy atom. The van der Waals surface area contributed by atoms with Crippen LogP contribution < -0.4 is 10.2 Å². The number of ether oxygens (including phenoxy) is 1. The molecule has 0 unspecified atom stereocenters. The van der Waals surface area contributed by atoms with E-state index in [1.54, 1.807) is 12.1 Å². The van der Waals surface area contributed by atoms with Gasteiger partial charge in [0.05, 0.1) is 6.61 Å². The Morgan fingerprint density at radius 3 is 2.64 bits per heavy atom. The van der Waals surface area contributed by atoms with E-state index in [0.29, 0.717) is 22.8 Å². The van der Waals surface area contributed by atoms with Crippen LogP contribution >= 0.6 is 11.6 Å². The number of hydrogen-bond donors (Lipinski definition) is 2. The first-order valence-corrected chi connectivity index (χ1v) is 4.80. The summed E-state index contributed by atoms with van der Waals surface area (Å²) < 4.78 is 5.32. The highest BCUT2D eigenvalue weighted by atomic mass is 35.5. The topological polar surface area (TPSA) is 49.7 Å². The quantitative estimate of drug-likeness (QED) is 0.729. The van der Waals surface area contributed by atoms with Crippen molar-refractivity contribution in [3.8, 4) is 5.75 Å². The van der Waals surface area contributed by atoms with Gasteiger partial charge in [-0.2, -0.15) is 0 Å². The molecule has 5 heteroatoms. The molecule has 0 heterocycles. The van der Waals surface area contributed by atoms with Crippen LogP contribution in [0.4, 0.5) is 0 Å². The van der Waals surface area contributed by atoms with Crippen LogP contribution in [-0.4, -0.2) is 23.8 Å². The van der Waals surface area contributed by atoms with Gasteiger partial charge >= 0.3 is 7.12 Å². The average molecular weight is 214 g/mol. The molecule has 0 amide bonds. The Bertz CT molecular complexity index is 304. The van der Waals surface area contributed by atoms with Gasteiger partial charge in [-0.3, -0.25) is 0 Å². The summed E-state index contributed by atoms with van der Waals surface area (Å²) in [7, 11) is -1.52. The SMILES string of the molecule is CCCOc1cc(Cl)cc(B(O)O)c1. The highest BCUT2D eigenvalue weighted by molar-refractivity contribution is 6.59. The van der Waals surface area contributed by atoms with Crippen molar-refractivity contribution in [3.05, 3.63) is 23.2 Å². The van der Waals surface area contributed by atoms with Gasteiger partial charge in [0.1, 0.15) is 5.75 Å². The predicted octanol–water partition coefficient (Wildman–Crippen LogP) is 0.809. The third-order valence-corrected chi connectivity index (χ3v) is 1.88. The molecule has 1 rings (SSSR count). The molecule has 3 nitrogen and oxygen atoms in total. The normalized spacial score (nSPS) is 10.0. The van der Waals surface area contributed by atoms with Crippen LogP contribution in [-0.2, 0) is 0 Å². The molecule has 76 valence electrons. The molecular weight excluding hydrogens is 202 g/mol. The molecule has 0 fully saturated rings. The molecule has 1 aromatic carbocycles. The molecule has 0 radical (unpaired) electrons. The number of halogens is 1. The third-order valence-electron chi connectivity index (χ3n) is 1.66. The van der Waals surface area contributed by atoms with Crippen LogP contribution in [0.2, 0.25) is 5.02 Å². The summed E-state index contributed by atoms with van der Waals surface area (Å²) in [5, 5.41) is 18.3. The van der Waals surface area contributed by atoms with Gasteiger partial charge < -0.3 is 14.8 Å². The first kappa shape index (κ1) is 11.4. The second kappa shape index (κ2) is 5.24. The molecule has 0 aliphatic carbocycles. The Labute approximate surface area is 88.4 Å². The second-order valence-corrected chi connectivity index (χ2v) is 3.38. The van der Waals surface area contributed by atoms with E-state index in [-0.39, 0.29) is 0 Å². The van der Waals surface area contributed by atoms with Crippen LogP contribution in [0.1, 0.15) is 13.3 Å². The minimum absolute atomic E-state index is 0.337. The Kier molecular flexibility index (Phi) is 4.26. The van der Waals surface area contributed by atoms with Crippen molar-refractivity contribution in [1.29, 1.82) is 0 Å². The van der Waals surface area contributed by atoms with E-state index in [0.717, 1.165) is 6.42 Å². The fourth-order valence-electron chi connectivity index (χ4n) is 1.04. The fraction of sp³-hybridized carbons (Fsp3) is 0.333. The van der Waals surface area contributed by atoms with Gasteiger partial charge in [-0.15, -0.1) is 0 Å². The van der Waals surface area contributed by atoms with Gasteiger partial charge in [0.15, 0.2) is 0 Å². The maximum absolute atomic E-state index is 8.94. The van der Waals surface area contributed by atoms with Crippen molar-refractivity contribution in [2.75, 3.05) is 6.61 Å². The van der Waals surface area contributed by atoms with Gasteiger partial charge in [-0.25, -0.2) is 0 Å². The monoisotopic (exact) mass is 214 g/mol. The summed E-state index contributed by atoms with van der Waals surface area (Å²) >= 11 is 5.77. The highest BCUT2D eigenvalue weighted by Gasteiger charge is 2.12. The van der Waals surface area contributed by atoms with E-state index >= 15 is 0 Å². The maximum atomic E-state index is 8.94. The van der Waals surface area contributed by atoms with Gasteiger partial charge in [0, 0.05) is 5.02 Å². The molecule has 0 aliphatic heterocycles. The molecule has 0 saturated carbocycles. The van der Waals surface area contributed by atoms with Gasteiger partial charge in [0.2, 0.25) is 0 Å². The summed E-state index contributed by atoms with van der Waals surface area (Å²) in [5.74, 6) is 0.558. The van der Waals surface area contributed by atoms with Gasteiger partial charge in [-0.1, -0.05) is 18.5 Å². The van der Waals surface area contributed by atoms with Crippen molar-refractivity contribution < 1.29 is 14.8 Å². The lowest BCUT2D eigenvalue weighted by Crippen LogP contribution is -2.29. The van der Waals surface area contributed by atoms with E-state index in [9.17, 15) is 0 Å². The van der Waals surface area contributed by atoms with Crippen molar-refractivity contribution in [3.63, 3.8) is 0 Å². The van der Waals surface area contributed by atoms with Crippen molar-refractivity contribution in [1.82, 2.24) is 0 Å². The summed E-state index contributed by atoms with van der Waals surface area (Å²) in [6.07, 6.45) is 0.892. The molecule has 14 heavy (non-hydrogen) atoms. The lowest BCUT2D eigenvalue weighted by atomic mass is 9.80. The smallest absolute Gasteiger partial charge is 0.488 e. The standard InChI is InChI=1S/C9H12BClO3/c1-2-3-14-9-5-7(10(12)13)4-8(11)6-9/h4-6,12-13H,2-3H2,1H3. The average Bonchev–Trinajstić information content (AvgIpc) is 2.14. The molecule has 0 aromatic heterocycles.